The van der Waals surface area contributed by atoms with E-state index in [-0.39, 0.29) is 29.2 Å². The maximum absolute atomic E-state index is 12.6. The van der Waals surface area contributed by atoms with Gasteiger partial charge in [-0.1, -0.05) is 18.2 Å². The molecule has 0 saturated carbocycles. The number of benzene rings is 1. The smallest absolute Gasteiger partial charge is 0.339 e. The van der Waals surface area contributed by atoms with Crippen molar-refractivity contribution < 1.29 is 28.7 Å². The van der Waals surface area contributed by atoms with Gasteiger partial charge in [0, 0.05) is 0 Å². The summed E-state index contributed by atoms with van der Waals surface area (Å²) in [5.41, 5.74) is 5.93. The second-order valence-corrected chi connectivity index (χ2v) is 7.28. The largest absolute Gasteiger partial charge is 0.449 e. The lowest BCUT2D eigenvalue weighted by Gasteiger charge is -2.17. The number of hydrogen-bond acceptors (Lipinski definition) is 7. The summed E-state index contributed by atoms with van der Waals surface area (Å²) in [7, 11) is 0. The normalized spacial score (nSPS) is 14.2. The Morgan fingerprint density at radius 2 is 1.97 bits per heavy atom. The van der Waals surface area contributed by atoms with E-state index in [9.17, 15) is 24.0 Å². The molecule has 10 nitrogen and oxygen atoms in total. The number of rotatable bonds is 7. The van der Waals surface area contributed by atoms with Crippen molar-refractivity contribution in [1.29, 1.82) is 0 Å². The Balaban J connectivity index is 1.69. The van der Waals surface area contributed by atoms with E-state index in [1.807, 2.05) is 0 Å². The molecule has 5 amide bonds. The van der Waals surface area contributed by atoms with Gasteiger partial charge >= 0.3 is 12.0 Å². The van der Waals surface area contributed by atoms with E-state index in [1.165, 1.54) is 19.1 Å². The van der Waals surface area contributed by atoms with Gasteiger partial charge in [0.05, 0.1) is 24.2 Å². The van der Waals surface area contributed by atoms with Crippen LogP contribution in [0.15, 0.2) is 35.7 Å². The molecule has 30 heavy (non-hydrogen) atoms. The van der Waals surface area contributed by atoms with Crippen LogP contribution in [0.25, 0.3) is 0 Å². The molecule has 1 aliphatic heterocycles. The Labute approximate surface area is 175 Å². The zero-order valence-corrected chi connectivity index (χ0v) is 16.7. The summed E-state index contributed by atoms with van der Waals surface area (Å²) in [6.45, 7) is 1.18. The molecule has 2 aromatic rings. The highest BCUT2D eigenvalue weighted by Gasteiger charge is 2.30. The van der Waals surface area contributed by atoms with Crippen molar-refractivity contribution in [2.45, 2.75) is 19.6 Å². The number of ether oxygens (including phenoxy) is 1. The zero-order chi connectivity index (χ0) is 21.8. The molecule has 0 bridgehead atoms. The highest BCUT2D eigenvalue weighted by Crippen LogP contribution is 2.23. The van der Waals surface area contributed by atoms with Crippen LogP contribution in [0.5, 0.6) is 0 Å². The third kappa shape index (κ3) is 4.46. The molecule has 11 heteroatoms. The van der Waals surface area contributed by atoms with Gasteiger partial charge in [-0.05, 0) is 30.0 Å². The fourth-order valence-electron chi connectivity index (χ4n) is 2.73. The molecule has 2 heterocycles. The molecule has 0 spiro atoms. The summed E-state index contributed by atoms with van der Waals surface area (Å²) in [4.78, 5) is 60.9. The van der Waals surface area contributed by atoms with Gasteiger partial charge in [-0.3, -0.25) is 19.3 Å². The summed E-state index contributed by atoms with van der Waals surface area (Å²) >= 11 is 1.11. The minimum atomic E-state index is -1.18. The van der Waals surface area contributed by atoms with Crippen molar-refractivity contribution in [3.05, 3.63) is 52.4 Å². The van der Waals surface area contributed by atoms with Crippen molar-refractivity contribution in [3.63, 3.8) is 0 Å². The van der Waals surface area contributed by atoms with Gasteiger partial charge in [0.2, 0.25) is 5.91 Å². The number of nitrogens with one attached hydrogen (secondary N) is 2. The fourth-order valence-corrected chi connectivity index (χ4v) is 3.53. The Morgan fingerprint density at radius 3 is 2.63 bits per heavy atom. The number of nitrogens with two attached hydrogens (primary N) is 1. The van der Waals surface area contributed by atoms with Gasteiger partial charge in [-0.2, -0.15) is 0 Å². The standard InChI is InChI=1S/C19H18N4O6S/c1-10(16(26)22-17-13(15(20)25)6-7-30-17)29-18(27)12-5-3-2-4-11(12)9-23-14(24)8-21-19(23)28/h2-7,10H,8-9H2,1H3,(H2,20,25)(H,21,28)(H,22,26). The van der Waals surface area contributed by atoms with Crippen molar-refractivity contribution in [3.8, 4) is 0 Å². The van der Waals surface area contributed by atoms with Gasteiger partial charge < -0.3 is 21.1 Å². The Hall–Kier alpha value is -3.73. The number of amides is 5. The summed E-state index contributed by atoms with van der Waals surface area (Å²) < 4.78 is 5.24. The number of primary amides is 1. The number of imide groups is 1. The van der Waals surface area contributed by atoms with Crippen molar-refractivity contribution in [2.75, 3.05) is 11.9 Å². The summed E-state index contributed by atoms with van der Waals surface area (Å²) in [5.74, 6) is -2.52. The molecule has 1 aliphatic rings. The highest BCUT2D eigenvalue weighted by molar-refractivity contribution is 7.14. The van der Waals surface area contributed by atoms with E-state index >= 15 is 0 Å². The minimum Gasteiger partial charge on any atom is -0.449 e. The first-order chi connectivity index (χ1) is 14.3. The van der Waals surface area contributed by atoms with Gasteiger partial charge in [-0.25, -0.2) is 9.59 Å². The summed E-state index contributed by atoms with van der Waals surface area (Å²) in [6, 6.07) is 7.25. The van der Waals surface area contributed by atoms with Crippen LogP contribution in [0.4, 0.5) is 9.80 Å². The Morgan fingerprint density at radius 1 is 1.23 bits per heavy atom. The van der Waals surface area contributed by atoms with E-state index < -0.39 is 35.8 Å². The third-order valence-electron chi connectivity index (χ3n) is 4.32. The number of urea groups is 1. The molecule has 1 fully saturated rings. The van der Waals surface area contributed by atoms with E-state index in [4.69, 9.17) is 10.5 Å². The summed E-state index contributed by atoms with van der Waals surface area (Å²) in [6.07, 6.45) is -1.18. The Kier molecular flexibility index (Phi) is 6.11. The molecule has 156 valence electrons. The highest BCUT2D eigenvalue weighted by atomic mass is 32.1. The number of esters is 1. The van der Waals surface area contributed by atoms with E-state index in [2.05, 4.69) is 10.6 Å². The van der Waals surface area contributed by atoms with Crippen LogP contribution in [-0.4, -0.2) is 47.3 Å². The number of carbonyl (C=O) groups excluding carboxylic acids is 5. The lowest BCUT2D eigenvalue weighted by Crippen LogP contribution is -2.32. The van der Waals surface area contributed by atoms with Gasteiger partial charge in [0.15, 0.2) is 6.10 Å². The van der Waals surface area contributed by atoms with Crippen LogP contribution < -0.4 is 16.4 Å². The molecule has 1 aromatic carbocycles. The number of anilines is 1. The van der Waals surface area contributed by atoms with Crippen molar-refractivity contribution >= 4 is 46.1 Å². The number of nitrogens with zero attached hydrogens (tertiary/aromatic N) is 1. The van der Waals surface area contributed by atoms with Crippen LogP contribution in [-0.2, 0) is 20.9 Å². The predicted octanol–water partition coefficient (Wildman–Crippen LogP) is 1.08. The first kappa shape index (κ1) is 21.0. The third-order valence-corrected chi connectivity index (χ3v) is 5.15. The molecule has 3 rings (SSSR count). The van der Waals surface area contributed by atoms with Crippen LogP contribution in [0.1, 0.15) is 33.2 Å². The van der Waals surface area contributed by atoms with E-state index in [0.717, 1.165) is 16.2 Å². The zero-order valence-electron chi connectivity index (χ0n) is 15.8. The predicted molar refractivity (Wildman–Crippen MR) is 107 cm³/mol. The number of carbonyl (C=O) groups is 5. The maximum Gasteiger partial charge on any atom is 0.339 e. The summed E-state index contributed by atoms with van der Waals surface area (Å²) in [5, 5.41) is 6.77. The first-order valence-corrected chi connectivity index (χ1v) is 9.71. The molecule has 4 N–H and O–H groups in total. The first-order valence-electron chi connectivity index (χ1n) is 8.83. The lowest BCUT2D eigenvalue weighted by molar-refractivity contribution is -0.125. The van der Waals surface area contributed by atoms with E-state index in [1.54, 1.807) is 23.6 Å². The average Bonchev–Trinajstić information content (AvgIpc) is 3.30. The Bertz CT molecular complexity index is 1020. The second kappa shape index (κ2) is 8.74. The number of hydrogen-bond donors (Lipinski definition) is 3. The molecule has 1 saturated heterocycles. The van der Waals surface area contributed by atoms with Crippen molar-refractivity contribution in [2.24, 2.45) is 5.73 Å². The quantitative estimate of drug-likeness (QED) is 0.442. The molecular weight excluding hydrogens is 412 g/mol. The van der Waals surface area contributed by atoms with Crippen LogP contribution in [0.3, 0.4) is 0 Å². The van der Waals surface area contributed by atoms with E-state index in [0.29, 0.717) is 5.56 Å². The van der Waals surface area contributed by atoms with Gasteiger partial charge in [0.25, 0.3) is 11.8 Å². The molecule has 0 aliphatic carbocycles. The van der Waals surface area contributed by atoms with Gasteiger partial charge in [0.1, 0.15) is 5.00 Å². The minimum absolute atomic E-state index is 0.0985. The molecule has 1 atom stereocenters. The molecule has 1 aromatic heterocycles. The lowest BCUT2D eigenvalue weighted by atomic mass is 10.1. The SMILES string of the molecule is CC(OC(=O)c1ccccc1CN1C(=O)CNC1=O)C(=O)Nc1sccc1C(N)=O. The maximum atomic E-state index is 12.6. The second-order valence-electron chi connectivity index (χ2n) is 6.36. The van der Waals surface area contributed by atoms with Crippen LogP contribution in [0, 0.1) is 0 Å². The number of thiophene rings is 1. The monoisotopic (exact) mass is 430 g/mol. The van der Waals surface area contributed by atoms with Crippen LogP contribution >= 0.6 is 11.3 Å². The average molecular weight is 430 g/mol. The fraction of sp³-hybridized carbons (Fsp3) is 0.211. The molecule has 0 radical (unpaired) electrons. The van der Waals surface area contributed by atoms with Crippen molar-refractivity contribution in [1.82, 2.24) is 10.2 Å². The van der Waals surface area contributed by atoms with Gasteiger partial charge in [-0.15, -0.1) is 11.3 Å². The molecular formula is C19H18N4O6S. The van der Waals surface area contributed by atoms with Crippen LogP contribution in [0.2, 0.25) is 0 Å². The molecule has 1 unspecified atom stereocenters. The topological polar surface area (TPSA) is 148 Å².